The lowest BCUT2D eigenvalue weighted by Gasteiger charge is -2.30. The van der Waals surface area contributed by atoms with E-state index in [2.05, 4.69) is 28.9 Å². The van der Waals surface area contributed by atoms with Gasteiger partial charge < -0.3 is 4.42 Å². The number of hydrogen-bond acceptors (Lipinski definition) is 2. The molecule has 0 bridgehead atoms. The highest BCUT2D eigenvalue weighted by Gasteiger charge is 2.26. The number of halogens is 1. The molecule has 3 rings (SSSR count). The molecular formula is C17H22BrNO2. The summed E-state index contributed by atoms with van der Waals surface area (Å²) in [6, 6.07) is 6.17. The monoisotopic (exact) mass is 351 g/mol. The van der Waals surface area contributed by atoms with Gasteiger partial charge in [0.1, 0.15) is 0 Å². The van der Waals surface area contributed by atoms with Gasteiger partial charge in [0.25, 0.3) is 0 Å². The number of nitrogens with zero attached hydrogens (tertiary/aromatic N) is 1. The van der Waals surface area contributed by atoms with Crippen molar-refractivity contribution in [1.29, 1.82) is 0 Å². The average molecular weight is 352 g/mol. The number of oxazole rings is 1. The molecule has 0 aliphatic heterocycles. The summed E-state index contributed by atoms with van der Waals surface area (Å²) in [4.78, 5) is 12.1. The highest BCUT2D eigenvalue weighted by molar-refractivity contribution is 9.09. The van der Waals surface area contributed by atoms with Crippen LogP contribution in [0.5, 0.6) is 0 Å². The average Bonchev–Trinajstić information content (AvgIpc) is 2.81. The van der Waals surface area contributed by atoms with Crippen molar-refractivity contribution in [3.05, 3.63) is 34.3 Å². The van der Waals surface area contributed by atoms with E-state index >= 15 is 0 Å². The van der Waals surface area contributed by atoms with Gasteiger partial charge in [0, 0.05) is 11.4 Å². The van der Waals surface area contributed by atoms with Crippen molar-refractivity contribution < 1.29 is 4.42 Å². The van der Waals surface area contributed by atoms with E-state index in [-0.39, 0.29) is 5.76 Å². The summed E-state index contributed by atoms with van der Waals surface area (Å²) in [6.45, 7) is 4.94. The van der Waals surface area contributed by atoms with E-state index < -0.39 is 0 Å². The van der Waals surface area contributed by atoms with Gasteiger partial charge in [-0.15, -0.1) is 0 Å². The summed E-state index contributed by atoms with van der Waals surface area (Å²) >= 11 is 3.87. The van der Waals surface area contributed by atoms with E-state index in [1.807, 2.05) is 19.1 Å². The Hall–Kier alpha value is -1.03. The van der Waals surface area contributed by atoms with Gasteiger partial charge in [-0.05, 0) is 49.3 Å². The Balaban J connectivity index is 1.88. The van der Waals surface area contributed by atoms with Crippen molar-refractivity contribution in [3.63, 3.8) is 0 Å². The van der Waals surface area contributed by atoms with Gasteiger partial charge in [-0.1, -0.05) is 41.8 Å². The number of aromatic nitrogens is 1. The first-order valence-electron chi connectivity index (χ1n) is 7.87. The molecule has 1 atom stereocenters. The minimum absolute atomic E-state index is 0.262. The van der Waals surface area contributed by atoms with Gasteiger partial charge in [-0.2, -0.15) is 0 Å². The fraction of sp³-hybridized carbons (Fsp3) is 0.588. The molecule has 1 aliphatic carbocycles. The first kappa shape index (κ1) is 14.9. The van der Waals surface area contributed by atoms with Gasteiger partial charge in [0.15, 0.2) is 5.58 Å². The van der Waals surface area contributed by atoms with E-state index in [1.165, 1.54) is 31.2 Å². The molecule has 0 N–H and O–H groups in total. The second-order valence-corrected chi connectivity index (χ2v) is 7.25. The number of aryl methyl sites for hydroxylation is 1. The van der Waals surface area contributed by atoms with Crippen LogP contribution in [-0.4, -0.2) is 4.57 Å². The molecule has 1 unspecified atom stereocenters. The number of fused-ring (bicyclic) bond motifs is 1. The van der Waals surface area contributed by atoms with E-state index in [0.717, 1.165) is 11.4 Å². The Bertz CT molecular complexity index is 680. The van der Waals surface area contributed by atoms with Crippen LogP contribution in [-0.2, 0) is 6.54 Å². The lowest BCUT2D eigenvalue weighted by molar-refractivity contribution is 0.287. The molecule has 0 amide bonds. The first-order valence-corrected chi connectivity index (χ1v) is 8.79. The van der Waals surface area contributed by atoms with Crippen LogP contribution in [0.1, 0.15) is 49.9 Å². The SMILES string of the molecule is CCn1c(=O)oc2cc(C(Br)C3CCC(C)CC3)ccc21. The van der Waals surface area contributed by atoms with Crippen LogP contribution in [0.3, 0.4) is 0 Å². The summed E-state index contributed by atoms with van der Waals surface area (Å²) in [5, 5.41) is 0. The predicted octanol–water partition coefficient (Wildman–Crippen LogP) is 4.88. The van der Waals surface area contributed by atoms with Gasteiger partial charge in [-0.3, -0.25) is 4.57 Å². The number of hydrogen-bond donors (Lipinski definition) is 0. The van der Waals surface area contributed by atoms with Gasteiger partial charge >= 0.3 is 5.76 Å². The molecule has 1 fully saturated rings. The highest BCUT2D eigenvalue weighted by Crippen LogP contribution is 2.42. The summed E-state index contributed by atoms with van der Waals surface area (Å²) in [5.74, 6) is 1.28. The van der Waals surface area contributed by atoms with Gasteiger partial charge in [-0.25, -0.2) is 4.79 Å². The fourth-order valence-corrected chi connectivity index (χ4v) is 4.22. The Morgan fingerprint density at radius 3 is 2.71 bits per heavy atom. The largest absolute Gasteiger partial charge is 0.419 e. The maximum Gasteiger partial charge on any atom is 0.419 e. The van der Waals surface area contributed by atoms with Crippen molar-refractivity contribution in [2.45, 2.75) is 50.9 Å². The standard InChI is InChI=1S/C17H22BrNO2/c1-3-19-14-9-8-13(10-15(14)21-17(19)20)16(18)12-6-4-11(2)5-7-12/h8-12,16H,3-7H2,1-2H3. The molecule has 1 aromatic heterocycles. The smallest absolute Gasteiger partial charge is 0.408 e. The van der Waals surface area contributed by atoms with E-state index in [0.29, 0.717) is 22.9 Å². The van der Waals surface area contributed by atoms with Crippen molar-refractivity contribution in [1.82, 2.24) is 4.57 Å². The van der Waals surface area contributed by atoms with Crippen molar-refractivity contribution in [3.8, 4) is 0 Å². The Morgan fingerprint density at radius 2 is 2.05 bits per heavy atom. The summed E-state index contributed by atoms with van der Waals surface area (Å²) in [6.07, 6.45) is 5.18. The topological polar surface area (TPSA) is 35.1 Å². The molecule has 0 radical (unpaired) electrons. The van der Waals surface area contributed by atoms with Crippen LogP contribution >= 0.6 is 15.9 Å². The summed E-state index contributed by atoms with van der Waals surface area (Å²) in [5.41, 5.74) is 2.82. The molecule has 0 saturated heterocycles. The third-order valence-electron chi connectivity index (χ3n) is 4.80. The molecule has 1 aromatic carbocycles. The zero-order valence-electron chi connectivity index (χ0n) is 12.6. The van der Waals surface area contributed by atoms with Gasteiger partial charge in [0.05, 0.1) is 5.52 Å². The van der Waals surface area contributed by atoms with Crippen LogP contribution in [0, 0.1) is 11.8 Å². The van der Waals surface area contributed by atoms with E-state index in [1.54, 1.807) is 4.57 Å². The summed E-state index contributed by atoms with van der Waals surface area (Å²) < 4.78 is 7.04. The minimum Gasteiger partial charge on any atom is -0.408 e. The van der Waals surface area contributed by atoms with E-state index in [9.17, 15) is 4.79 Å². The third-order valence-corrected chi connectivity index (χ3v) is 6.08. The molecule has 1 aliphatic rings. The molecule has 0 spiro atoms. The molecule has 2 aromatic rings. The van der Waals surface area contributed by atoms with Crippen LogP contribution < -0.4 is 5.76 Å². The molecule has 1 heterocycles. The van der Waals surface area contributed by atoms with Crippen molar-refractivity contribution in [2.75, 3.05) is 0 Å². The normalized spacial score (nSPS) is 24.3. The van der Waals surface area contributed by atoms with Crippen LogP contribution in [0.2, 0.25) is 0 Å². The second-order valence-electron chi connectivity index (χ2n) is 6.26. The lowest BCUT2D eigenvalue weighted by Crippen LogP contribution is -2.16. The van der Waals surface area contributed by atoms with Crippen LogP contribution in [0.25, 0.3) is 11.1 Å². The summed E-state index contributed by atoms with van der Waals surface area (Å²) in [7, 11) is 0. The number of rotatable bonds is 3. The van der Waals surface area contributed by atoms with Crippen molar-refractivity contribution in [2.24, 2.45) is 11.8 Å². The fourth-order valence-electron chi connectivity index (χ4n) is 3.40. The van der Waals surface area contributed by atoms with E-state index in [4.69, 9.17) is 4.42 Å². The maximum absolute atomic E-state index is 11.8. The maximum atomic E-state index is 11.8. The molecule has 3 nitrogen and oxygen atoms in total. The second kappa shape index (κ2) is 5.99. The molecule has 4 heteroatoms. The predicted molar refractivity (Wildman–Crippen MR) is 88.9 cm³/mol. The third kappa shape index (κ3) is 2.83. The van der Waals surface area contributed by atoms with Gasteiger partial charge in [0.2, 0.25) is 0 Å². The molecule has 1 saturated carbocycles. The van der Waals surface area contributed by atoms with Crippen LogP contribution in [0.4, 0.5) is 0 Å². The Labute approximate surface area is 133 Å². The minimum atomic E-state index is -0.262. The van der Waals surface area contributed by atoms with Crippen LogP contribution in [0.15, 0.2) is 27.4 Å². The van der Waals surface area contributed by atoms with Crippen molar-refractivity contribution >= 4 is 27.0 Å². The Kier molecular flexibility index (Phi) is 4.25. The molecule has 114 valence electrons. The Morgan fingerprint density at radius 1 is 1.33 bits per heavy atom. The zero-order chi connectivity index (χ0) is 15.0. The first-order chi connectivity index (χ1) is 10.1. The highest BCUT2D eigenvalue weighted by atomic mass is 79.9. The zero-order valence-corrected chi connectivity index (χ0v) is 14.2. The quantitative estimate of drug-likeness (QED) is 0.738. The number of benzene rings is 1. The molecule has 21 heavy (non-hydrogen) atoms. The lowest BCUT2D eigenvalue weighted by atomic mass is 9.80. The molecular weight excluding hydrogens is 330 g/mol. The number of alkyl halides is 1.